The molecule has 2 aromatic carbocycles. The van der Waals surface area contributed by atoms with Crippen LogP contribution in [0.2, 0.25) is 10.0 Å². The van der Waals surface area contributed by atoms with Crippen molar-refractivity contribution < 1.29 is 13.6 Å². The van der Waals surface area contributed by atoms with Crippen LogP contribution in [0.25, 0.3) is 0 Å². The highest BCUT2D eigenvalue weighted by molar-refractivity contribution is 7.60. The molecule has 0 radical (unpaired) electrons. The van der Waals surface area contributed by atoms with Crippen LogP contribution >= 0.6 is 54.0 Å². The summed E-state index contributed by atoms with van der Waals surface area (Å²) in [7, 11) is -3.97. The third-order valence-corrected chi connectivity index (χ3v) is 7.15. The first-order valence-corrected chi connectivity index (χ1v) is 9.97. The van der Waals surface area contributed by atoms with Gasteiger partial charge in [-0.3, -0.25) is 0 Å². The van der Waals surface area contributed by atoms with Crippen molar-refractivity contribution in [1.29, 1.82) is 0 Å². The molecule has 2 rings (SSSR count). The Morgan fingerprint density at radius 1 is 0.875 bits per heavy atom. The van der Waals surface area contributed by atoms with E-state index in [1.807, 2.05) is 0 Å². The van der Waals surface area contributed by atoms with Gasteiger partial charge < -0.3 is 9.05 Å². The van der Waals surface area contributed by atoms with Crippen molar-refractivity contribution in [3.63, 3.8) is 0 Å². The van der Waals surface area contributed by atoms with Crippen molar-refractivity contribution >= 4 is 54.0 Å². The number of rotatable bonds is 5. The molecule has 130 valence electrons. The highest BCUT2D eigenvalue weighted by Gasteiger charge is 2.48. The maximum Gasteiger partial charge on any atom is 0.466 e. The summed E-state index contributed by atoms with van der Waals surface area (Å²) < 4.78 is 22.5. The summed E-state index contributed by atoms with van der Waals surface area (Å²) in [5.41, 5.74) is 1.52. The Kier molecular flexibility index (Phi) is 6.05. The van der Waals surface area contributed by atoms with Gasteiger partial charge in [0.05, 0.1) is 0 Å². The van der Waals surface area contributed by atoms with Crippen molar-refractivity contribution in [1.82, 2.24) is 0 Å². The second kappa shape index (κ2) is 7.35. The zero-order valence-electron chi connectivity index (χ0n) is 13.1. The van der Waals surface area contributed by atoms with Gasteiger partial charge in [-0.1, -0.05) is 46.4 Å². The summed E-state index contributed by atoms with van der Waals surface area (Å²) in [6, 6.07) is 9.65. The first-order valence-electron chi connectivity index (χ1n) is 6.91. The number of halogens is 4. The highest BCUT2D eigenvalue weighted by atomic mass is 35.5. The molecule has 0 saturated carbocycles. The maximum atomic E-state index is 13.2. The number of hydrogen-bond donors (Lipinski definition) is 0. The van der Waals surface area contributed by atoms with E-state index in [0.29, 0.717) is 21.5 Å². The fourth-order valence-corrected chi connectivity index (χ4v) is 3.59. The molecular formula is C16H15Cl4O3P. The average molecular weight is 428 g/mol. The third-order valence-electron chi connectivity index (χ3n) is 3.19. The summed E-state index contributed by atoms with van der Waals surface area (Å²) in [5.74, 6) is 0.580. The Morgan fingerprint density at radius 2 is 1.25 bits per heavy atom. The third kappa shape index (κ3) is 4.53. The molecule has 0 unspecified atom stereocenters. The average Bonchev–Trinajstić information content (AvgIpc) is 2.46. The minimum Gasteiger partial charge on any atom is -0.414 e. The molecule has 0 aliphatic rings. The zero-order chi connectivity index (χ0) is 18.1. The standard InChI is InChI=1S/C16H15Cl4O3P/c1-10-8-12(4-6-14(10)17)22-24(21,16(3,19)20)23-13-5-7-15(18)11(2)9-13/h4-9H,1-3H3. The second-order valence-electron chi connectivity index (χ2n) is 5.34. The number of aryl methyl sites for hydroxylation is 2. The van der Waals surface area contributed by atoms with E-state index in [1.54, 1.807) is 50.2 Å². The van der Waals surface area contributed by atoms with E-state index in [1.165, 1.54) is 6.92 Å². The predicted molar refractivity (Wildman–Crippen MR) is 101 cm³/mol. The molecule has 0 aromatic heterocycles. The summed E-state index contributed by atoms with van der Waals surface area (Å²) in [5, 5.41) is 1.12. The van der Waals surface area contributed by atoms with Crippen molar-refractivity contribution in [3.05, 3.63) is 57.6 Å². The summed E-state index contributed by atoms with van der Waals surface area (Å²) in [6.07, 6.45) is 0. The lowest BCUT2D eigenvalue weighted by Gasteiger charge is -2.27. The highest BCUT2D eigenvalue weighted by Crippen LogP contribution is 2.63. The Morgan fingerprint density at radius 3 is 1.54 bits per heavy atom. The quantitative estimate of drug-likeness (QED) is 0.368. The van der Waals surface area contributed by atoms with Crippen LogP contribution in [-0.2, 0) is 4.57 Å². The van der Waals surface area contributed by atoms with Gasteiger partial charge in [0, 0.05) is 10.0 Å². The van der Waals surface area contributed by atoms with Crippen LogP contribution in [0.1, 0.15) is 18.1 Å². The van der Waals surface area contributed by atoms with Crippen molar-refractivity contribution in [2.24, 2.45) is 0 Å². The lowest BCUT2D eigenvalue weighted by Crippen LogP contribution is -2.17. The Labute approximate surface area is 161 Å². The van der Waals surface area contributed by atoms with Gasteiger partial charge in [0.15, 0.2) is 0 Å². The van der Waals surface area contributed by atoms with E-state index in [-0.39, 0.29) is 0 Å². The molecule has 0 bridgehead atoms. The van der Waals surface area contributed by atoms with Gasteiger partial charge in [0.2, 0.25) is 4.07 Å². The predicted octanol–water partition coefficient (Wildman–Crippen LogP) is 7.41. The molecule has 0 aliphatic heterocycles. The first-order chi connectivity index (χ1) is 11.0. The monoisotopic (exact) mass is 426 g/mol. The lowest BCUT2D eigenvalue weighted by atomic mass is 10.2. The SMILES string of the molecule is Cc1cc(OP(=O)(Oc2ccc(Cl)c(C)c2)C(C)(Cl)Cl)ccc1Cl. The number of alkyl halides is 2. The van der Waals surface area contributed by atoms with E-state index < -0.39 is 11.7 Å². The van der Waals surface area contributed by atoms with Crippen LogP contribution in [0.15, 0.2) is 36.4 Å². The minimum absolute atomic E-state index is 0.290. The van der Waals surface area contributed by atoms with Crippen LogP contribution in [0, 0.1) is 13.8 Å². The Bertz CT molecular complexity index is 745. The van der Waals surface area contributed by atoms with Gasteiger partial charge in [0.1, 0.15) is 11.5 Å². The first kappa shape index (κ1) is 19.8. The molecule has 2 aromatic rings. The van der Waals surface area contributed by atoms with Crippen LogP contribution in [-0.4, -0.2) is 4.07 Å². The van der Waals surface area contributed by atoms with E-state index in [4.69, 9.17) is 55.5 Å². The maximum absolute atomic E-state index is 13.2. The summed E-state index contributed by atoms with van der Waals surface area (Å²) >= 11 is 24.1. The van der Waals surface area contributed by atoms with E-state index in [9.17, 15) is 4.57 Å². The van der Waals surface area contributed by atoms with E-state index in [2.05, 4.69) is 0 Å². The Hall–Kier alpha value is -0.570. The van der Waals surface area contributed by atoms with Crippen LogP contribution in [0.5, 0.6) is 11.5 Å². The molecule has 24 heavy (non-hydrogen) atoms. The molecule has 0 atom stereocenters. The molecular weight excluding hydrogens is 413 g/mol. The zero-order valence-corrected chi connectivity index (χ0v) is 17.1. The molecule has 0 saturated heterocycles. The molecule has 8 heteroatoms. The van der Waals surface area contributed by atoms with Crippen LogP contribution in [0.3, 0.4) is 0 Å². The fourth-order valence-electron chi connectivity index (χ4n) is 1.80. The van der Waals surface area contributed by atoms with E-state index >= 15 is 0 Å². The van der Waals surface area contributed by atoms with Crippen LogP contribution < -0.4 is 9.05 Å². The van der Waals surface area contributed by atoms with Gasteiger partial charge in [-0.25, -0.2) is 4.57 Å². The second-order valence-corrected chi connectivity index (χ2v) is 10.6. The molecule has 0 aliphatic carbocycles. The van der Waals surface area contributed by atoms with Gasteiger partial charge in [-0.2, -0.15) is 0 Å². The number of hydrogen-bond acceptors (Lipinski definition) is 3. The van der Waals surface area contributed by atoms with Gasteiger partial charge in [-0.15, -0.1) is 0 Å². The normalized spacial score (nSPS) is 12.1. The Balaban J connectivity index is 2.37. The smallest absolute Gasteiger partial charge is 0.414 e. The summed E-state index contributed by atoms with van der Waals surface area (Å²) in [6.45, 7) is 4.94. The summed E-state index contributed by atoms with van der Waals surface area (Å²) in [4.78, 5) is 0. The van der Waals surface area contributed by atoms with Gasteiger partial charge in [-0.05, 0) is 68.3 Å². The lowest BCUT2D eigenvalue weighted by molar-refractivity contribution is 0.379. The van der Waals surface area contributed by atoms with Gasteiger partial charge in [0.25, 0.3) is 0 Å². The largest absolute Gasteiger partial charge is 0.466 e. The molecule has 3 nitrogen and oxygen atoms in total. The van der Waals surface area contributed by atoms with Crippen LogP contribution in [0.4, 0.5) is 0 Å². The topological polar surface area (TPSA) is 35.5 Å². The molecule has 0 amide bonds. The molecule has 0 N–H and O–H groups in total. The fraction of sp³-hybridized carbons (Fsp3) is 0.250. The van der Waals surface area contributed by atoms with E-state index in [0.717, 1.165) is 11.1 Å². The number of benzene rings is 2. The molecule has 0 spiro atoms. The molecule has 0 heterocycles. The molecule has 0 fully saturated rings. The van der Waals surface area contributed by atoms with Crippen molar-refractivity contribution in [2.45, 2.75) is 24.8 Å². The van der Waals surface area contributed by atoms with Crippen molar-refractivity contribution in [3.8, 4) is 11.5 Å². The minimum atomic E-state index is -3.97. The van der Waals surface area contributed by atoms with Gasteiger partial charge >= 0.3 is 7.60 Å². The van der Waals surface area contributed by atoms with Crippen molar-refractivity contribution in [2.75, 3.05) is 0 Å².